The van der Waals surface area contributed by atoms with Crippen molar-refractivity contribution in [3.8, 4) is 0 Å². The molecule has 0 aromatic heterocycles. The van der Waals surface area contributed by atoms with Crippen LogP contribution in [0.4, 0.5) is 0 Å². The van der Waals surface area contributed by atoms with Gasteiger partial charge in [0.15, 0.2) is 0 Å². The molecule has 0 heterocycles. The third-order valence-corrected chi connectivity index (χ3v) is 1.60. The molecule has 0 rings (SSSR count). The number of halogens is 1. The van der Waals surface area contributed by atoms with Gasteiger partial charge in [-0.1, -0.05) is 19.8 Å². The van der Waals surface area contributed by atoms with Crippen LogP contribution in [0.25, 0.3) is 0 Å². The van der Waals surface area contributed by atoms with Gasteiger partial charge in [-0.25, -0.2) is 0 Å². The van der Waals surface area contributed by atoms with Crippen molar-refractivity contribution in [2.45, 2.75) is 31.5 Å². The minimum absolute atomic E-state index is 0.495. The highest BCUT2D eigenvalue weighted by Crippen LogP contribution is 2.07. The Morgan fingerprint density at radius 1 is 1.56 bits per heavy atom. The summed E-state index contributed by atoms with van der Waals surface area (Å²) < 4.78 is 0. The number of hydrogen-bond donors (Lipinski definition) is 2. The predicted molar refractivity (Wildman–Crippen MR) is 39.4 cm³/mol. The summed E-state index contributed by atoms with van der Waals surface area (Å²) in [6.45, 7) is 2.04. The van der Waals surface area contributed by atoms with Crippen molar-refractivity contribution >= 4 is 18.7 Å². The Labute approximate surface area is 61.0 Å². The maximum atomic E-state index is 8.47. The number of hydrogen-bond acceptors (Lipinski definition) is 2. The number of unbranched alkanes of at least 4 members (excludes halogenated alkanes) is 1. The van der Waals surface area contributed by atoms with E-state index in [0.717, 1.165) is 12.8 Å². The maximum Gasteiger partial charge on any atom is 0.470 e. The third kappa shape index (κ3) is 4.76. The van der Waals surface area contributed by atoms with Crippen LogP contribution >= 0.6 is 11.6 Å². The molecule has 0 spiro atoms. The number of alkyl halides is 1. The lowest BCUT2D eigenvalue weighted by atomic mass is 9.83. The largest absolute Gasteiger partial charge is 0.470 e. The van der Waals surface area contributed by atoms with Crippen molar-refractivity contribution in [2.24, 2.45) is 0 Å². The summed E-state index contributed by atoms with van der Waals surface area (Å²) in [6.07, 6.45) is 2.66. The van der Waals surface area contributed by atoms with Crippen molar-refractivity contribution in [1.29, 1.82) is 0 Å². The predicted octanol–water partition coefficient (Wildman–Crippen LogP) is 0.796. The molecule has 4 heteroatoms. The second kappa shape index (κ2) is 5.09. The van der Waals surface area contributed by atoms with Gasteiger partial charge in [-0.3, -0.25) is 0 Å². The molecule has 0 bridgehead atoms. The average molecular weight is 150 g/mol. The Balaban J connectivity index is 3.16. The van der Waals surface area contributed by atoms with Crippen LogP contribution in [0.2, 0.25) is 0 Å². The maximum absolute atomic E-state index is 8.47. The molecule has 0 aromatic carbocycles. The van der Waals surface area contributed by atoms with Crippen LogP contribution in [-0.4, -0.2) is 22.4 Å². The zero-order valence-electron chi connectivity index (χ0n) is 5.55. The van der Waals surface area contributed by atoms with Crippen LogP contribution in [-0.2, 0) is 0 Å². The molecule has 0 saturated heterocycles. The second-order valence-electron chi connectivity index (χ2n) is 2.07. The summed E-state index contributed by atoms with van der Waals surface area (Å²) in [4.78, 5) is 0. The molecule has 0 unspecified atom stereocenters. The van der Waals surface area contributed by atoms with Gasteiger partial charge in [0.25, 0.3) is 0 Å². The minimum Gasteiger partial charge on any atom is -0.426 e. The fraction of sp³-hybridized carbons (Fsp3) is 1.00. The highest BCUT2D eigenvalue weighted by Gasteiger charge is 2.18. The van der Waals surface area contributed by atoms with E-state index in [1.807, 2.05) is 6.92 Å². The van der Waals surface area contributed by atoms with Gasteiger partial charge in [-0.05, 0) is 6.42 Å². The summed E-state index contributed by atoms with van der Waals surface area (Å²) in [5, 5.41) is 16.4. The van der Waals surface area contributed by atoms with Gasteiger partial charge in [0.05, 0.1) is 5.28 Å². The Kier molecular flexibility index (Phi) is 5.25. The smallest absolute Gasteiger partial charge is 0.426 e. The molecule has 1 atom stereocenters. The van der Waals surface area contributed by atoms with Gasteiger partial charge in [0.1, 0.15) is 0 Å². The molecule has 0 aliphatic carbocycles. The van der Waals surface area contributed by atoms with Crippen molar-refractivity contribution < 1.29 is 10.0 Å². The summed E-state index contributed by atoms with van der Waals surface area (Å²) in [7, 11) is -1.36. The zero-order valence-corrected chi connectivity index (χ0v) is 6.30. The summed E-state index contributed by atoms with van der Waals surface area (Å²) in [5.74, 6) is 0. The molecular formula is C5H12BClO2. The van der Waals surface area contributed by atoms with Gasteiger partial charge in [-0.2, -0.15) is 0 Å². The first-order valence-corrected chi connectivity index (χ1v) is 3.62. The molecule has 0 aliphatic rings. The van der Waals surface area contributed by atoms with Crippen LogP contribution in [0.15, 0.2) is 0 Å². The highest BCUT2D eigenvalue weighted by atomic mass is 35.5. The minimum atomic E-state index is -1.36. The summed E-state index contributed by atoms with van der Waals surface area (Å²) >= 11 is 5.49. The molecular weight excluding hydrogens is 138 g/mol. The Bertz CT molecular complexity index is 70.0. The fourth-order valence-electron chi connectivity index (χ4n) is 0.548. The van der Waals surface area contributed by atoms with Crippen molar-refractivity contribution in [3.63, 3.8) is 0 Å². The van der Waals surface area contributed by atoms with E-state index in [-0.39, 0.29) is 0 Å². The van der Waals surface area contributed by atoms with Crippen LogP contribution in [0, 0.1) is 0 Å². The molecule has 0 aliphatic heterocycles. The number of rotatable bonds is 4. The van der Waals surface area contributed by atoms with Crippen LogP contribution < -0.4 is 0 Å². The van der Waals surface area contributed by atoms with Crippen LogP contribution in [0.1, 0.15) is 26.2 Å². The lowest BCUT2D eigenvalue weighted by Gasteiger charge is -2.04. The molecule has 2 nitrogen and oxygen atoms in total. The fourth-order valence-corrected chi connectivity index (χ4v) is 0.703. The third-order valence-electron chi connectivity index (χ3n) is 1.16. The topological polar surface area (TPSA) is 40.5 Å². The SMILES string of the molecule is CCCC[C@@H](Cl)B(O)O. The highest BCUT2D eigenvalue weighted by molar-refractivity contribution is 6.57. The zero-order chi connectivity index (χ0) is 7.28. The monoisotopic (exact) mass is 150 g/mol. The quantitative estimate of drug-likeness (QED) is 0.460. The van der Waals surface area contributed by atoms with E-state index in [1.54, 1.807) is 0 Å². The molecule has 9 heavy (non-hydrogen) atoms. The lowest BCUT2D eigenvalue weighted by Crippen LogP contribution is -2.25. The molecule has 0 amide bonds. The van der Waals surface area contributed by atoms with Gasteiger partial charge in [-0.15, -0.1) is 11.6 Å². The Hall–Kier alpha value is 0.275. The van der Waals surface area contributed by atoms with E-state index < -0.39 is 12.4 Å². The lowest BCUT2D eigenvalue weighted by molar-refractivity contribution is 0.397. The molecule has 54 valence electrons. The van der Waals surface area contributed by atoms with Crippen LogP contribution in [0.5, 0.6) is 0 Å². The molecule has 0 fully saturated rings. The van der Waals surface area contributed by atoms with Crippen molar-refractivity contribution in [2.75, 3.05) is 0 Å². The average Bonchev–Trinajstić information content (AvgIpc) is 1.82. The van der Waals surface area contributed by atoms with Crippen molar-refractivity contribution in [3.05, 3.63) is 0 Å². The first-order chi connectivity index (χ1) is 4.18. The Morgan fingerprint density at radius 2 is 2.11 bits per heavy atom. The van der Waals surface area contributed by atoms with E-state index >= 15 is 0 Å². The van der Waals surface area contributed by atoms with Gasteiger partial charge in [0, 0.05) is 0 Å². The molecule has 0 aromatic rings. The molecule has 0 saturated carbocycles. The first-order valence-electron chi connectivity index (χ1n) is 3.18. The van der Waals surface area contributed by atoms with E-state index in [1.165, 1.54) is 0 Å². The Morgan fingerprint density at radius 3 is 2.44 bits per heavy atom. The van der Waals surface area contributed by atoms with Gasteiger partial charge < -0.3 is 10.0 Å². The van der Waals surface area contributed by atoms with E-state index in [4.69, 9.17) is 21.6 Å². The second-order valence-corrected chi connectivity index (χ2v) is 2.63. The van der Waals surface area contributed by atoms with E-state index in [0.29, 0.717) is 6.42 Å². The first kappa shape index (κ1) is 9.27. The van der Waals surface area contributed by atoms with E-state index in [9.17, 15) is 0 Å². The van der Waals surface area contributed by atoms with E-state index in [2.05, 4.69) is 0 Å². The summed E-state index contributed by atoms with van der Waals surface area (Å²) in [5.41, 5.74) is 0. The standard InChI is InChI=1S/C5H12BClO2/c1-2-3-4-5(7)6(8)9/h5,8-9H,2-4H2,1H3/t5-/m1/s1. The van der Waals surface area contributed by atoms with Crippen LogP contribution in [0.3, 0.4) is 0 Å². The molecule has 0 radical (unpaired) electrons. The summed E-state index contributed by atoms with van der Waals surface area (Å²) in [6, 6.07) is 0. The van der Waals surface area contributed by atoms with Gasteiger partial charge >= 0.3 is 7.12 Å². The van der Waals surface area contributed by atoms with Gasteiger partial charge in [0.2, 0.25) is 0 Å². The molecule has 2 N–H and O–H groups in total. The van der Waals surface area contributed by atoms with Crippen molar-refractivity contribution in [1.82, 2.24) is 0 Å². The normalized spacial score (nSPS) is 13.3.